The molecule has 0 spiro atoms. The molecule has 1 heterocycles. The quantitative estimate of drug-likeness (QED) is 0.752. The van der Waals surface area contributed by atoms with Gasteiger partial charge in [0.05, 0.1) is 0 Å². The van der Waals surface area contributed by atoms with Crippen molar-refractivity contribution < 1.29 is 0 Å². The maximum Gasteiger partial charge on any atom is 0.0406 e. The zero-order valence-corrected chi connectivity index (χ0v) is 9.98. The Labute approximate surface area is 102 Å². The largest absolute Gasteiger partial charge is 0.261 e. The Balaban J connectivity index is 1.98. The van der Waals surface area contributed by atoms with Gasteiger partial charge in [-0.1, -0.05) is 37.3 Å². The summed E-state index contributed by atoms with van der Waals surface area (Å²) in [6.07, 6.45) is 6.25. The number of nitrogens with zero attached hydrogens (tertiary/aromatic N) is 1. The van der Waals surface area contributed by atoms with Gasteiger partial charge >= 0.3 is 0 Å². The van der Waals surface area contributed by atoms with Crippen molar-refractivity contribution in [3.8, 4) is 0 Å². The molecule has 1 aromatic carbocycles. The highest BCUT2D eigenvalue weighted by Gasteiger charge is 2.13. The Morgan fingerprint density at radius 2 is 2.06 bits per heavy atom. The predicted octanol–water partition coefficient (Wildman–Crippen LogP) is 3.74. The first-order valence-electron chi connectivity index (χ1n) is 6.10. The molecule has 0 saturated heterocycles. The molecule has 17 heavy (non-hydrogen) atoms. The number of hydrogen-bond donors (Lipinski definition) is 0. The second-order valence-electron chi connectivity index (χ2n) is 4.43. The molecule has 0 atom stereocenters. The Kier molecular flexibility index (Phi) is 2.52. The average Bonchev–Trinajstić information content (AvgIpc) is 2.82. The minimum absolute atomic E-state index is 0.994. The maximum absolute atomic E-state index is 4.35. The fourth-order valence-corrected chi connectivity index (χ4v) is 2.34. The molecule has 0 aliphatic heterocycles. The molecule has 0 fully saturated rings. The van der Waals surface area contributed by atoms with Crippen LogP contribution < -0.4 is 0 Å². The number of aryl methyl sites for hydroxylation is 1. The van der Waals surface area contributed by atoms with E-state index in [1.54, 1.807) is 0 Å². The number of hydrogen-bond acceptors (Lipinski definition) is 1. The summed E-state index contributed by atoms with van der Waals surface area (Å²) >= 11 is 0. The molecule has 1 aromatic heterocycles. The van der Waals surface area contributed by atoms with Gasteiger partial charge in [0.25, 0.3) is 0 Å². The standard InChI is InChI=1S/C16H15N/c1-2-16-11-14(7-8-17-16)15-9-12-5-3-4-6-13(12)10-15/h3-9,11H,2,10H2,1H3. The van der Waals surface area contributed by atoms with Crippen LogP contribution in [0.15, 0.2) is 42.6 Å². The summed E-state index contributed by atoms with van der Waals surface area (Å²) < 4.78 is 0. The van der Waals surface area contributed by atoms with Crippen molar-refractivity contribution in [1.82, 2.24) is 4.98 Å². The Morgan fingerprint density at radius 1 is 1.18 bits per heavy atom. The van der Waals surface area contributed by atoms with Crippen molar-refractivity contribution in [2.45, 2.75) is 19.8 Å². The van der Waals surface area contributed by atoms with E-state index in [9.17, 15) is 0 Å². The van der Waals surface area contributed by atoms with Crippen molar-refractivity contribution in [3.63, 3.8) is 0 Å². The lowest BCUT2D eigenvalue weighted by molar-refractivity contribution is 1.03. The highest BCUT2D eigenvalue weighted by molar-refractivity contribution is 5.88. The highest BCUT2D eigenvalue weighted by atomic mass is 14.7. The van der Waals surface area contributed by atoms with Gasteiger partial charge in [0.1, 0.15) is 0 Å². The molecule has 3 rings (SSSR count). The van der Waals surface area contributed by atoms with Crippen molar-refractivity contribution >= 4 is 11.6 Å². The van der Waals surface area contributed by atoms with Gasteiger partial charge in [0.15, 0.2) is 0 Å². The lowest BCUT2D eigenvalue weighted by Crippen LogP contribution is -1.90. The van der Waals surface area contributed by atoms with E-state index in [4.69, 9.17) is 0 Å². The fourth-order valence-electron chi connectivity index (χ4n) is 2.34. The molecule has 0 amide bonds. The van der Waals surface area contributed by atoms with Gasteiger partial charge in [-0.15, -0.1) is 0 Å². The van der Waals surface area contributed by atoms with Gasteiger partial charge in [-0.3, -0.25) is 4.98 Å². The molecule has 84 valence electrons. The second-order valence-corrected chi connectivity index (χ2v) is 4.43. The molecule has 1 nitrogen and oxygen atoms in total. The summed E-state index contributed by atoms with van der Waals surface area (Å²) in [5.74, 6) is 0. The van der Waals surface area contributed by atoms with E-state index in [1.807, 2.05) is 6.20 Å². The normalized spacial score (nSPS) is 13.4. The van der Waals surface area contributed by atoms with E-state index in [-0.39, 0.29) is 0 Å². The van der Waals surface area contributed by atoms with Gasteiger partial charge in [-0.25, -0.2) is 0 Å². The topological polar surface area (TPSA) is 12.9 Å². The molecule has 2 aromatic rings. The molecule has 0 unspecified atom stereocenters. The molecule has 1 aliphatic carbocycles. The lowest BCUT2D eigenvalue weighted by Gasteiger charge is -2.04. The van der Waals surface area contributed by atoms with Gasteiger partial charge in [-0.2, -0.15) is 0 Å². The number of rotatable bonds is 2. The van der Waals surface area contributed by atoms with E-state index in [2.05, 4.69) is 54.4 Å². The van der Waals surface area contributed by atoms with Gasteiger partial charge in [0.2, 0.25) is 0 Å². The van der Waals surface area contributed by atoms with Crippen LogP contribution in [0.2, 0.25) is 0 Å². The summed E-state index contributed by atoms with van der Waals surface area (Å²) in [4.78, 5) is 4.35. The predicted molar refractivity (Wildman–Crippen MR) is 71.6 cm³/mol. The molecule has 0 bridgehead atoms. The number of fused-ring (bicyclic) bond motifs is 1. The third-order valence-corrected chi connectivity index (χ3v) is 3.32. The zero-order valence-electron chi connectivity index (χ0n) is 9.98. The smallest absolute Gasteiger partial charge is 0.0406 e. The van der Waals surface area contributed by atoms with Crippen LogP contribution in [0.1, 0.15) is 29.3 Å². The van der Waals surface area contributed by atoms with Crippen LogP contribution in [0.4, 0.5) is 0 Å². The van der Waals surface area contributed by atoms with Gasteiger partial charge in [0, 0.05) is 11.9 Å². The van der Waals surface area contributed by atoms with E-state index < -0.39 is 0 Å². The van der Waals surface area contributed by atoms with E-state index >= 15 is 0 Å². The summed E-state index contributed by atoms with van der Waals surface area (Å²) in [7, 11) is 0. The van der Waals surface area contributed by atoms with Crippen LogP contribution in [0.25, 0.3) is 11.6 Å². The Bertz CT molecular complexity index is 582. The molecule has 1 heteroatoms. The average molecular weight is 221 g/mol. The van der Waals surface area contributed by atoms with E-state index in [1.165, 1.54) is 28.0 Å². The maximum atomic E-state index is 4.35. The summed E-state index contributed by atoms with van der Waals surface area (Å²) in [6.45, 7) is 2.14. The van der Waals surface area contributed by atoms with Crippen LogP contribution in [0.3, 0.4) is 0 Å². The van der Waals surface area contributed by atoms with Crippen molar-refractivity contribution in [2.75, 3.05) is 0 Å². The number of aromatic nitrogens is 1. The van der Waals surface area contributed by atoms with Crippen LogP contribution in [0, 0.1) is 0 Å². The Hall–Kier alpha value is -1.89. The van der Waals surface area contributed by atoms with Gasteiger partial charge < -0.3 is 0 Å². The van der Waals surface area contributed by atoms with Crippen molar-refractivity contribution in [1.29, 1.82) is 0 Å². The third-order valence-electron chi connectivity index (χ3n) is 3.32. The third kappa shape index (κ3) is 1.89. The monoisotopic (exact) mass is 221 g/mol. The first-order valence-corrected chi connectivity index (χ1v) is 6.10. The first kappa shape index (κ1) is 10.3. The highest BCUT2D eigenvalue weighted by Crippen LogP contribution is 2.31. The summed E-state index contributed by atoms with van der Waals surface area (Å²) in [6, 6.07) is 12.9. The molecular weight excluding hydrogens is 206 g/mol. The number of pyridine rings is 1. The van der Waals surface area contributed by atoms with Gasteiger partial charge in [-0.05, 0) is 47.2 Å². The van der Waals surface area contributed by atoms with Crippen LogP contribution in [-0.2, 0) is 12.8 Å². The molecular formula is C16H15N. The number of allylic oxidation sites excluding steroid dienone is 1. The van der Waals surface area contributed by atoms with E-state index in [0.717, 1.165) is 12.8 Å². The summed E-state index contributed by atoms with van der Waals surface area (Å²) in [5.41, 5.74) is 6.67. The Morgan fingerprint density at radius 3 is 2.88 bits per heavy atom. The molecule has 1 aliphatic rings. The molecule has 0 radical (unpaired) electrons. The zero-order chi connectivity index (χ0) is 11.7. The minimum Gasteiger partial charge on any atom is -0.261 e. The van der Waals surface area contributed by atoms with Crippen LogP contribution in [-0.4, -0.2) is 4.98 Å². The van der Waals surface area contributed by atoms with Crippen molar-refractivity contribution in [2.24, 2.45) is 0 Å². The first-order chi connectivity index (χ1) is 8.36. The van der Waals surface area contributed by atoms with Crippen LogP contribution in [0.5, 0.6) is 0 Å². The summed E-state index contributed by atoms with van der Waals surface area (Å²) in [5, 5.41) is 0. The minimum atomic E-state index is 0.994. The molecule has 0 N–H and O–H groups in total. The van der Waals surface area contributed by atoms with E-state index in [0.29, 0.717) is 0 Å². The fraction of sp³-hybridized carbons (Fsp3) is 0.188. The van der Waals surface area contributed by atoms with Crippen LogP contribution >= 0.6 is 0 Å². The van der Waals surface area contributed by atoms with Crippen molar-refractivity contribution in [3.05, 3.63) is 65.0 Å². The second kappa shape index (κ2) is 4.17. The lowest BCUT2D eigenvalue weighted by atomic mass is 10.0. The SMILES string of the molecule is CCc1cc(C2=Cc3ccccc3C2)ccn1. The molecule has 0 saturated carbocycles. The number of benzene rings is 1.